The Morgan fingerprint density at radius 2 is 2.04 bits per heavy atom. The van der Waals surface area contributed by atoms with Crippen LogP contribution in [0.25, 0.3) is 0 Å². The topological polar surface area (TPSA) is 81.8 Å². The highest BCUT2D eigenvalue weighted by Gasteiger charge is 2.38. The van der Waals surface area contributed by atoms with Crippen LogP contribution in [0.1, 0.15) is 24.7 Å². The third kappa shape index (κ3) is 4.53. The summed E-state index contributed by atoms with van der Waals surface area (Å²) in [4.78, 5) is 0.0343. The third-order valence-corrected chi connectivity index (χ3v) is 5.35. The van der Waals surface area contributed by atoms with E-state index in [0.717, 1.165) is 4.68 Å². The van der Waals surface area contributed by atoms with Gasteiger partial charge in [0.2, 0.25) is 10.0 Å². The molecule has 0 amide bonds. The summed E-state index contributed by atoms with van der Waals surface area (Å²) in [6.07, 6.45) is -1.75. The van der Waals surface area contributed by atoms with Crippen molar-refractivity contribution in [3.63, 3.8) is 0 Å². The standard InChI is InChI=1S/C13H17ClF3N5O2S/c1-3-21-8-10(7-18-21)25(23,24)19-5-4-6-22-9(2)11(14)12(20-22)13(15,16)17/h7-8,19H,3-6H2,1-2H3. The number of hydrogen-bond acceptors (Lipinski definition) is 4. The molecule has 2 rings (SSSR count). The molecule has 0 bridgehead atoms. The Morgan fingerprint density at radius 1 is 1.36 bits per heavy atom. The van der Waals surface area contributed by atoms with Crippen molar-refractivity contribution in [3.05, 3.63) is 28.8 Å². The Balaban J connectivity index is 1.95. The Morgan fingerprint density at radius 3 is 2.56 bits per heavy atom. The molecule has 0 aliphatic heterocycles. The summed E-state index contributed by atoms with van der Waals surface area (Å²) in [6.45, 7) is 3.92. The van der Waals surface area contributed by atoms with Gasteiger partial charge in [-0.3, -0.25) is 9.36 Å². The summed E-state index contributed by atoms with van der Waals surface area (Å²) >= 11 is 5.66. The van der Waals surface area contributed by atoms with Gasteiger partial charge in [0.15, 0.2) is 5.69 Å². The van der Waals surface area contributed by atoms with Gasteiger partial charge in [0.1, 0.15) is 4.90 Å². The van der Waals surface area contributed by atoms with Gasteiger partial charge in [0.25, 0.3) is 0 Å². The van der Waals surface area contributed by atoms with Crippen LogP contribution in [-0.2, 0) is 29.3 Å². The van der Waals surface area contributed by atoms with E-state index in [1.165, 1.54) is 24.0 Å². The van der Waals surface area contributed by atoms with E-state index in [2.05, 4.69) is 14.9 Å². The van der Waals surface area contributed by atoms with Gasteiger partial charge in [-0.1, -0.05) is 11.6 Å². The van der Waals surface area contributed by atoms with E-state index in [-0.39, 0.29) is 30.1 Å². The highest BCUT2D eigenvalue weighted by Crippen LogP contribution is 2.35. The first-order chi connectivity index (χ1) is 11.6. The second-order valence-electron chi connectivity index (χ2n) is 5.25. The molecule has 7 nitrogen and oxygen atoms in total. The number of halogens is 4. The van der Waals surface area contributed by atoms with Crippen molar-refractivity contribution < 1.29 is 21.6 Å². The van der Waals surface area contributed by atoms with E-state index in [0.29, 0.717) is 6.54 Å². The van der Waals surface area contributed by atoms with Gasteiger partial charge in [-0.25, -0.2) is 13.1 Å². The normalized spacial score (nSPS) is 12.7. The first kappa shape index (κ1) is 19.7. The number of rotatable bonds is 7. The lowest BCUT2D eigenvalue weighted by Crippen LogP contribution is -2.25. The molecule has 0 saturated carbocycles. The van der Waals surface area contributed by atoms with Crippen LogP contribution in [0.2, 0.25) is 5.02 Å². The quantitative estimate of drug-likeness (QED) is 0.725. The molecule has 0 radical (unpaired) electrons. The predicted molar refractivity (Wildman–Crippen MR) is 84.7 cm³/mol. The largest absolute Gasteiger partial charge is 0.436 e. The maximum atomic E-state index is 12.7. The Kier molecular flexibility index (Phi) is 5.79. The van der Waals surface area contributed by atoms with Crippen molar-refractivity contribution in [2.24, 2.45) is 0 Å². The zero-order valence-electron chi connectivity index (χ0n) is 13.5. The number of aryl methyl sites for hydroxylation is 2. The zero-order valence-corrected chi connectivity index (χ0v) is 15.1. The van der Waals surface area contributed by atoms with Gasteiger partial charge in [0, 0.05) is 25.8 Å². The molecule has 0 saturated heterocycles. The van der Waals surface area contributed by atoms with E-state index in [9.17, 15) is 21.6 Å². The molecule has 2 heterocycles. The van der Waals surface area contributed by atoms with Gasteiger partial charge in [0.05, 0.1) is 16.9 Å². The van der Waals surface area contributed by atoms with Crippen molar-refractivity contribution >= 4 is 21.6 Å². The van der Waals surface area contributed by atoms with Crippen LogP contribution in [0, 0.1) is 6.92 Å². The maximum Gasteiger partial charge on any atom is 0.436 e. The minimum Gasteiger partial charge on any atom is -0.272 e. The van der Waals surface area contributed by atoms with Crippen LogP contribution in [0.15, 0.2) is 17.3 Å². The fraction of sp³-hybridized carbons (Fsp3) is 0.538. The van der Waals surface area contributed by atoms with E-state index in [4.69, 9.17) is 11.6 Å². The van der Waals surface area contributed by atoms with Crippen molar-refractivity contribution in [2.45, 2.75) is 44.4 Å². The van der Waals surface area contributed by atoms with Crippen LogP contribution in [0.4, 0.5) is 13.2 Å². The van der Waals surface area contributed by atoms with Crippen molar-refractivity contribution in [1.82, 2.24) is 24.3 Å². The van der Waals surface area contributed by atoms with Crippen molar-refractivity contribution in [3.8, 4) is 0 Å². The molecule has 0 atom stereocenters. The van der Waals surface area contributed by atoms with Crippen LogP contribution < -0.4 is 4.72 Å². The van der Waals surface area contributed by atoms with E-state index < -0.39 is 26.9 Å². The monoisotopic (exact) mass is 399 g/mol. The van der Waals surface area contributed by atoms with Gasteiger partial charge < -0.3 is 0 Å². The summed E-state index contributed by atoms with van der Waals surface area (Å²) in [6, 6.07) is 0. The first-order valence-corrected chi connectivity index (χ1v) is 9.24. The molecular formula is C13H17ClF3N5O2S. The lowest BCUT2D eigenvalue weighted by atomic mass is 10.3. The predicted octanol–water partition coefficient (Wildman–Crippen LogP) is 2.45. The molecule has 2 aromatic heterocycles. The van der Waals surface area contributed by atoms with Gasteiger partial charge in [-0.15, -0.1) is 0 Å². The average Bonchev–Trinajstić information content (AvgIpc) is 3.11. The minimum atomic E-state index is -4.63. The van der Waals surface area contributed by atoms with E-state index in [1.807, 2.05) is 6.92 Å². The van der Waals surface area contributed by atoms with Crippen molar-refractivity contribution in [1.29, 1.82) is 0 Å². The summed E-state index contributed by atoms with van der Waals surface area (Å²) < 4.78 is 67.4. The molecule has 2 aromatic rings. The SMILES string of the molecule is CCn1cc(S(=O)(=O)NCCCn2nc(C(F)(F)F)c(Cl)c2C)cn1. The van der Waals surface area contributed by atoms with Gasteiger partial charge in [-0.05, 0) is 20.3 Å². The van der Waals surface area contributed by atoms with Crippen LogP contribution in [0.5, 0.6) is 0 Å². The van der Waals surface area contributed by atoms with E-state index >= 15 is 0 Å². The number of sulfonamides is 1. The molecule has 140 valence electrons. The summed E-state index contributed by atoms with van der Waals surface area (Å²) in [7, 11) is -3.71. The Bertz CT molecular complexity index is 844. The molecule has 25 heavy (non-hydrogen) atoms. The number of hydrogen-bond donors (Lipinski definition) is 1. The van der Waals surface area contributed by atoms with Crippen molar-refractivity contribution in [2.75, 3.05) is 6.54 Å². The lowest BCUT2D eigenvalue weighted by Gasteiger charge is -2.06. The average molecular weight is 400 g/mol. The van der Waals surface area contributed by atoms with Crippen LogP contribution in [0.3, 0.4) is 0 Å². The first-order valence-electron chi connectivity index (χ1n) is 7.38. The van der Waals surface area contributed by atoms with Crippen LogP contribution in [-0.4, -0.2) is 34.5 Å². The minimum absolute atomic E-state index is 0.0343. The molecule has 0 aromatic carbocycles. The summed E-state index contributed by atoms with van der Waals surface area (Å²) in [5, 5.41) is 6.90. The number of alkyl halides is 3. The second kappa shape index (κ2) is 7.34. The molecule has 0 aliphatic carbocycles. The van der Waals surface area contributed by atoms with Crippen LogP contribution >= 0.6 is 11.6 Å². The third-order valence-electron chi connectivity index (χ3n) is 3.48. The molecule has 0 unspecified atom stereocenters. The zero-order chi connectivity index (χ0) is 18.8. The highest BCUT2D eigenvalue weighted by molar-refractivity contribution is 7.89. The summed E-state index contributed by atoms with van der Waals surface area (Å²) in [5.41, 5.74) is -0.958. The Labute approximate surface area is 147 Å². The molecule has 12 heteroatoms. The van der Waals surface area contributed by atoms with Gasteiger partial charge >= 0.3 is 6.18 Å². The van der Waals surface area contributed by atoms with E-state index in [1.54, 1.807) is 0 Å². The summed E-state index contributed by atoms with van der Waals surface area (Å²) in [5.74, 6) is 0. The number of nitrogens with zero attached hydrogens (tertiary/aromatic N) is 4. The fourth-order valence-corrected chi connectivity index (χ4v) is 3.37. The molecule has 0 fully saturated rings. The smallest absolute Gasteiger partial charge is 0.272 e. The molecule has 1 N–H and O–H groups in total. The lowest BCUT2D eigenvalue weighted by molar-refractivity contribution is -0.141. The molecular weight excluding hydrogens is 383 g/mol. The number of aromatic nitrogens is 4. The highest BCUT2D eigenvalue weighted by atomic mass is 35.5. The number of nitrogens with one attached hydrogen (secondary N) is 1. The fourth-order valence-electron chi connectivity index (χ4n) is 2.10. The maximum absolute atomic E-state index is 12.7. The van der Waals surface area contributed by atoms with Gasteiger partial charge in [-0.2, -0.15) is 23.4 Å². The molecule has 0 aliphatic rings. The Hall–Kier alpha value is -1.59. The molecule has 0 spiro atoms. The second-order valence-corrected chi connectivity index (χ2v) is 7.40.